The van der Waals surface area contributed by atoms with Gasteiger partial charge < -0.3 is 9.84 Å². The van der Waals surface area contributed by atoms with E-state index in [-0.39, 0.29) is 0 Å². The molecule has 0 amide bonds. The molecule has 1 heterocycles. The van der Waals surface area contributed by atoms with Crippen molar-refractivity contribution in [1.29, 1.82) is 5.26 Å². The van der Waals surface area contributed by atoms with Crippen LogP contribution in [-0.2, 0) is 6.42 Å². The van der Waals surface area contributed by atoms with Crippen LogP contribution in [0.25, 0.3) is 0 Å². The van der Waals surface area contributed by atoms with E-state index in [1.165, 1.54) is 6.07 Å². The van der Waals surface area contributed by atoms with Crippen molar-refractivity contribution in [3.05, 3.63) is 17.5 Å². The fourth-order valence-electron chi connectivity index (χ4n) is 1.11. The summed E-state index contributed by atoms with van der Waals surface area (Å²) < 4.78 is 64.1. The zero-order valence-corrected chi connectivity index (χ0v) is 8.50. The van der Waals surface area contributed by atoms with Crippen molar-refractivity contribution < 1.29 is 31.8 Å². The first-order valence-corrected chi connectivity index (χ1v) is 4.38. The molecule has 0 aliphatic rings. The summed E-state index contributed by atoms with van der Waals surface area (Å²) >= 11 is 0. The van der Waals surface area contributed by atoms with Crippen molar-refractivity contribution in [3.8, 4) is 17.6 Å². The third kappa shape index (κ3) is 3.44. The Morgan fingerprint density at radius 2 is 2.06 bits per heavy atom. The van der Waals surface area contributed by atoms with Crippen LogP contribution in [0.5, 0.6) is 11.5 Å². The molecule has 0 radical (unpaired) electrons. The van der Waals surface area contributed by atoms with Gasteiger partial charge in [0.15, 0.2) is 5.75 Å². The Hall–Kier alpha value is -2.11. The van der Waals surface area contributed by atoms with Crippen molar-refractivity contribution in [2.75, 3.05) is 0 Å². The van der Waals surface area contributed by atoms with Gasteiger partial charge in [0.1, 0.15) is 11.4 Å². The van der Waals surface area contributed by atoms with Crippen LogP contribution in [0.15, 0.2) is 6.07 Å². The van der Waals surface area contributed by atoms with Crippen LogP contribution in [0.3, 0.4) is 0 Å². The molecule has 0 unspecified atom stereocenters. The molecule has 1 aromatic rings. The fraction of sp³-hybridized carbons (Fsp3) is 0.333. The van der Waals surface area contributed by atoms with Crippen molar-refractivity contribution in [1.82, 2.24) is 4.98 Å². The zero-order valence-electron chi connectivity index (χ0n) is 8.50. The predicted octanol–water partition coefficient (Wildman–Crippen LogP) is 2.69. The van der Waals surface area contributed by atoms with Gasteiger partial charge in [0.2, 0.25) is 0 Å². The van der Waals surface area contributed by atoms with Gasteiger partial charge in [-0.3, -0.25) is 0 Å². The van der Waals surface area contributed by atoms with E-state index in [1.807, 2.05) is 0 Å². The second-order valence-corrected chi connectivity index (χ2v) is 3.02. The molecule has 0 atom stereocenters. The summed E-state index contributed by atoms with van der Waals surface area (Å²) in [5.74, 6) is -2.11. The highest BCUT2D eigenvalue weighted by molar-refractivity contribution is 5.40. The van der Waals surface area contributed by atoms with Gasteiger partial charge in [-0.15, -0.1) is 13.2 Å². The van der Waals surface area contributed by atoms with Gasteiger partial charge >= 0.3 is 6.36 Å². The third-order valence-corrected chi connectivity index (χ3v) is 1.75. The molecule has 9 heteroatoms. The number of alkyl halides is 5. The molecule has 0 fully saturated rings. The fourth-order valence-corrected chi connectivity index (χ4v) is 1.11. The van der Waals surface area contributed by atoms with Crippen LogP contribution < -0.4 is 4.74 Å². The Morgan fingerprint density at radius 1 is 1.44 bits per heavy atom. The number of rotatable bonds is 3. The normalized spacial score (nSPS) is 11.4. The predicted molar refractivity (Wildman–Crippen MR) is 46.9 cm³/mol. The van der Waals surface area contributed by atoms with E-state index in [4.69, 9.17) is 5.26 Å². The molecule has 98 valence electrons. The summed E-state index contributed by atoms with van der Waals surface area (Å²) in [5.41, 5.74) is -1.72. The minimum atomic E-state index is -5.19. The second-order valence-electron chi connectivity index (χ2n) is 3.02. The summed E-state index contributed by atoms with van der Waals surface area (Å²) in [6.07, 6.45) is -9.03. The molecule has 18 heavy (non-hydrogen) atoms. The quantitative estimate of drug-likeness (QED) is 0.856. The zero-order chi connectivity index (χ0) is 13.9. The topological polar surface area (TPSA) is 66.1 Å². The van der Waals surface area contributed by atoms with Crippen molar-refractivity contribution in [2.24, 2.45) is 0 Å². The van der Waals surface area contributed by atoms with E-state index in [9.17, 15) is 27.1 Å². The number of nitrogens with zero attached hydrogens (tertiary/aromatic N) is 2. The van der Waals surface area contributed by atoms with Crippen LogP contribution in [0.2, 0.25) is 0 Å². The Balaban J connectivity index is 3.25. The molecule has 0 bridgehead atoms. The van der Waals surface area contributed by atoms with Crippen molar-refractivity contribution >= 4 is 0 Å². The minimum absolute atomic E-state index is 0.356. The van der Waals surface area contributed by atoms with Crippen LogP contribution in [0, 0.1) is 11.3 Å². The molecule has 0 saturated heterocycles. The number of aromatic hydroxyl groups is 1. The van der Waals surface area contributed by atoms with E-state index in [0.29, 0.717) is 6.07 Å². The first kappa shape index (κ1) is 14.0. The standard InChI is InChI=1S/C9H5F5N2O2/c10-8(11)7-6(18-9(12,13)14)3-5(17)4(16-7)1-2-15/h3,8,17H,1H2. The van der Waals surface area contributed by atoms with Gasteiger partial charge in [0.05, 0.1) is 18.2 Å². The maximum atomic E-state index is 12.5. The summed E-state index contributed by atoms with van der Waals surface area (Å²) in [6, 6.07) is 1.88. The number of hydrogen-bond donors (Lipinski definition) is 1. The number of halogens is 5. The van der Waals surface area contributed by atoms with Gasteiger partial charge in [-0.25, -0.2) is 13.8 Å². The van der Waals surface area contributed by atoms with Gasteiger partial charge in [-0.2, -0.15) is 5.26 Å². The van der Waals surface area contributed by atoms with E-state index in [0.717, 1.165) is 0 Å². The molecule has 0 aliphatic heterocycles. The van der Waals surface area contributed by atoms with E-state index in [2.05, 4.69) is 9.72 Å². The summed E-state index contributed by atoms with van der Waals surface area (Å²) in [5, 5.41) is 17.5. The molecular formula is C9H5F5N2O2. The van der Waals surface area contributed by atoms with Gasteiger partial charge in [0, 0.05) is 6.07 Å². The first-order chi connectivity index (χ1) is 8.24. The summed E-state index contributed by atoms with van der Waals surface area (Å²) in [7, 11) is 0. The highest BCUT2D eigenvalue weighted by atomic mass is 19.4. The Morgan fingerprint density at radius 3 is 2.50 bits per heavy atom. The molecule has 1 N–H and O–H groups in total. The SMILES string of the molecule is N#CCc1nc(C(F)F)c(OC(F)(F)F)cc1O. The molecular weight excluding hydrogens is 263 g/mol. The highest BCUT2D eigenvalue weighted by Gasteiger charge is 2.34. The molecule has 1 rings (SSSR count). The monoisotopic (exact) mass is 268 g/mol. The van der Waals surface area contributed by atoms with E-state index < -0.39 is 42.1 Å². The lowest BCUT2D eigenvalue weighted by Gasteiger charge is -2.13. The average Bonchev–Trinajstić information content (AvgIpc) is 2.19. The lowest BCUT2D eigenvalue weighted by atomic mass is 10.2. The maximum absolute atomic E-state index is 12.5. The van der Waals surface area contributed by atoms with Crippen LogP contribution in [-0.4, -0.2) is 16.5 Å². The van der Waals surface area contributed by atoms with Crippen LogP contribution >= 0.6 is 0 Å². The highest BCUT2D eigenvalue weighted by Crippen LogP contribution is 2.35. The summed E-state index contributed by atoms with van der Waals surface area (Å²) in [4.78, 5) is 3.10. The summed E-state index contributed by atoms with van der Waals surface area (Å²) in [6.45, 7) is 0. The van der Waals surface area contributed by atoms with E-state index >= 15 is 0 Å². The molecule has 0 aliphatic carbocycles. The number of pyridine rings is 1. The molecule has 4 nitrogen and oxygen atoms in total. The molecule has 1 aromatic heterocycles. The third-order valence-electron chi connectivity index (χ3n) is 1.75. The maximum Gasteiger partial charge on any atom is 0.573 e. The van der Waals surface area contributed by atoms with Crippen LogP contribution in [0.4, 0.5) is 22.0 Å². The molecule has 0 aromatic carbocycles. The molecule has 0 spiro atoms. The average molecular weight is 268 g/mol. The van der Waals surface area contributed by atoms with Gasteiger partial charge in [0.25, 0.3) is 6.43 Å². The number of hydrogen-bond acceptors (Lipinski definition) is 4. The van der Waals surface area contributed by atoms with Crippen molar-refractivity contribution in [2.45, 2.75) is 19.2 Å². The number of ether oxygens (including phenoxy) is 1. The smallest absolute Gasteiger partial charge is 0.506 e. The van der Waals surface area contributed by atoms with Crippen LogP contribution in [0.1, 0.15) is 17.8 Å². The Labute approximate surface area is 97.2 Å². The Kier molecular flexibility index (Phi) is 3.90. The number of aromatic nitrogens is 1. The first-order valence-electron chi connectivity index (χ1n) is 4.38. The largest absolute Gasteiger partial charge is 0.573 e. The lowest BCUT2D eigenvalue weighted by molar-refractivity contribution is -0.275. The second kappa shape index (κ2) is 5.03. The molecule has 0 saturated carbocycles. The van der Waals surface area contributed by atoms with Gasteiger partial charge in [-0.05, 0) is 0 Å². The number of nitriles is 1. The minimum Gasteiger partial charge on any atom is -0.506 e. The Bertz CT molecular complexity index is 481. The van der Waals surface area contributed by atoms with E-state index in [1.54, 1.807) is 0 Å². The van der Waals surface area contributed by atoms with Gasteiger partial charge in [-0.1, -0.05) is 0 Å². The lowest BCUT2D eigenvalue weighted by Crippen LogP contribution is -2.19. The van der Waals surface area contributed by atoms with Crippen molar-refractivity contribution in [3.63, 3.8) is 0 Å².